The zero-order chi connectivity index (χ0) is 7.56. The average molecular weight is 143 g/mol. The van der Waals surface area contributed by atoms with Crippen LogP contribution >= 0.6 is 0 Å². The lowest BCUT2D eigenvalue weighted by molar-refractivity contribution is -0.121. The third kappa shape index (κ3) is 1.36. The van der Waals surface area contributed by atoms with Crippen LogP contribution in [-0.4, -0.2) is 32.1 Å². The molecule has 3 nitrogen and oxygen atoms in total. The van der Waals surface area contributed by atoms with E-state index in [1.165, 1.54) is 0 Å². The molecule has 0 aromatic rings. The molecule has 0 saturated carbocycles. The van der Waals surface area contributed by atoms with Crippen molar-refractivity contribution in [2.45, 2.75) is 13.0 Å². The number of rotatable bonds is 2. The Morgan fingerprint density at radius 2 is 2.30 bits per heavy atom. The molecule has 1 rings (SSSR count). The number of ketones is 1. The molecule has 0 spiro atoms. The molecule has 1 aliphatic heterocycles. The number of hydrogen-bond acceptors (Lipinski definition) is 3. The Bertz CT molecular complexity index is 136. The number of nitrogens with one attached hydrogen (secondary N) is 1. The van der Waals surface area contributed by atoms with Gasteiger partial charge in [-0.05, 0) is 14.0 Å². The minimum atomic E-state index is 0.0741. The molecule has 10 heavy (non-hydrogen) atoms. The summed E-state index contributed by atoms with van der Waals surface area (Å²) in [5.74, 6) is 0.293. The highest BCUT2D eigenvalue weighted by Crippen LogP contribution is 2.13. The molecule has 3 heteroatoms. The molecule has 0 aromatic carbocycles. The Morgan fingerprint density at radius 3 is 2.70 bits per heavy atom. The van der Waals surface area contributed by atoms with Gasteiger partial charge >= 0.3 is 0 Å². The zero-order valence-electron chi connectivity index (χ0n) is 6.39. The van der Waals surface area contributed by atoms with E-state index >= 15 is 0 Å². The van der Waals surface area contributed by atoms with Gasteiger partial charge in [-0.1, -0.05) is 0 Å². The summed E-state index contributed by atoms with van der Waals surface area (Å²) in [5, 5.41) is 3.05. The summed E-state index contributed by atoms with van der Waals surface area (Å²) < 4.78 is 5.14. The lowest BCUT2D eigenvalue weighted by atomic mass is 10.0. The van der Waals surface area contributed by atoms with Gasteiger partial charge < -0.3 is 10.1 Å². The van der Waals surface area contributed by atoms with Crippen LogP contribution in [0.4, 0.5) is 0 Å². The van der Waals surface area contributed by atoms with E-state index in [9.17, 15) is 4.79 Å². The fraction of sp³-hybridized carbons (Fsp3) is 0.857. The summed E-state index contributed by atoms with van der Waals surface area (Å²) >= 11 is 0. The maximum absolute atomic E-state index is 10.9. The monoisotopic (exact) mass is 143 g/mol. The normalized spacial score (nSPS) is 32.6. The second-order valence-corrected chi connectivity index (χ2v) is 2.65. The van der Waals surface area contributed by atoms with Crippen LogP contribution in [0.5, 0.6) is 0 Å². The van der Waals surface area contributed by atoms with Crippen LogP contribution in [-0.2, 0) is 9.53 Å². The molecule has 1 heterocycles. The topological polar surface area (TPSA) is 38.3 Å². The second kappa shape index (κ2) is 3.12. The number of likely N-dealkylation sites (N-methyl/N-ethyl adjacent to an activating group) is 1. The van der Waals surface area contributed by atoms with E-state index < -0.39 is 0 Å². The first-order valence-corrected chi connectivity index (χ1v) is 3.51. The smallest absolute Gasteiger partial charge is 0.136 e. The molecule has 0 aliphatic carbocycles. The molecule has 0 amide bonds. The van der Waals surface area contributed by atoms with Crippen molar-refractivity contribution in [3.05, 3.63) is 0 Å². The number of ether oxygens (including phenoxy) is 1. The van der Waals surface area contributed by atoms with Crippen LogP contribution in [0.3, 0.4) is 0 Å². The van der Waals surface area contributed by atoms with Gasteiger partial charge in [0.25, 0.3) is 0 Å². The summed E-state index contributed by atoms with van der Waals surface area (Å²) in [6, 6.07) is 0.234. The van der Waals surface area contributed by atoms with Gasteiger partial charge in [0.05, 0.1) is 19.1 Å². The van der Waals surface area contributed by atoms with Gasteiger partial charge in [-0.2, -0.15) is 0 Å². The summed E-state index contributed by atoms with van der Waals surface area (Å²) in [7, 11) is 1.86. The molecule has 2 atom stereocenters. The van der Waals surface area contributed by atoms with Crippen LogP contribution < -0.4 is 5.32 Å². The predicted molar refractivity (Wildman–Crippen MR) is 37.8 cm³/mol. The van der Waals surface area contributed by atoms with E-state index in [0.29, 0.717) is 13.2 Å². The van der Waals surface area contributed by atoms with Gasteiger partial charge in [0.15, 0.2) is 0 Å². The van der Waals surface area contributed by atoms with E-state index in [1.54, 1.807) is 6.92 Å². The van der Waals surface area contributed by atoms with Crippen molar-refractivity contribution < 1.29 is 9.53 Å². The van der Waals surface area contributed by atoms with Crippen molar-refractivity contribution in [1.82, 2.24) is 5.32 Å². The first-order valence-electron chi connectivity index (χ1n) is 3.51. The highest BCUT2D eigenvalue weighted by atomic mass is 16.5. The van der Waals surface area contributed by atoms with Crippen molar-refractivity contribution in [1.29, 1.82) is 0 Å². The highest BCUT2D eigenvalue weighted by molar-refractivity contribution is 5.79. The second-order valence-electron chi connectivity index (χ2n) is 2.65. The van der Waals surface area contributed by atoms with Gasteiger partial charge in [-0.3, -0.25) is 4.79 Å². The standard InChI is InChI=1S/C7H13NO2/c1-5(9)6-3-10-4-7(6)8-2/h6-8H,3-4H2,1-2H3. The van der Waals surface area contributed by atoms with E-state index in [2.05, 4.69) is 5.32 Å². The molecule has 0 aromatic heterocycles. The summed E-state index contributed by atoms with van der Waals surface area (Å²) in [4.78, 5) is 10.9. The van der Waals surface area contributed by atoms with E-state index in [4.69, 9.17) is 4.74 Å². The molecule has 1 aliphatic rings. The average Bonchev–Trinajstić information content (AvgIpc) is 2.33. The first kappa shape index (κ1) is 7.69. The predicted octanol–water partition coefficient (Wildman–Crippen LogP) is -0.190. The zero-order valence-corrected chi connectivity index (χ0v) is 6.39. The number of hydrogen-bond donors (Lipinski definition) is 1. The number of carbonyl (C=O) groups excluding carboxylic acids is 1. The lowest BCUT2D eigenvalue weighted by Gasteiger charge is -2.12. The van der Waals surface area contributed by atoms with Crippen LogP contribution in [0.15, 0.2) is 0 Å². The quantitative estimate of drug-likeness (QED) is 0.582. The SMILES string of the molecule is CNC1COCC1C(C)=O. The molecular weight excluding hydrogens is 130 g/mol. The number of Topliss-reactive ketones (excluding diaryl/α,β-unsaturated/α-hetero) is 1. The molecule has 1 N–H and O–H groups in total. The maximum Gasteiger partial charge on any atom is 0.136 e. The highest BCUT2D eigenvalue weighted by Gasteiger charge is 2.29. The van der Waals surface area contributed by atoms with Gasteiger partial charge in [0.1, 0.15) is 5.78 Å². The van der Waals surface area contributed by atoms with Crippen LogP contribution in [0.1, 0.15) is 6.92 Å². The Kier molecular flexibility index (Phi) is 2.40. The van der Waals surface area contributed by atoms with Crippen molar-refractivity contribution in [3.8, 4) is 0 Å². The van der Waals surface area contributed by atoms with Crippen LogP contribution in [0, 0.1) is 5.92 Å². The third-order valence-electron chi connectivity index (χ3n) is 1.97. The van der Waals surface area contributed by atoms with Gasteiger partial charge in [-0.15, -0.1) is 0 Å². The fourth-order valence-corrected chi connectivity index (χ4v) is 1.24. The number of carbonyl (C=O) groups is 1. The molecule has 1 saturated heterocycles. The molecule has 1 fully saturated rings. The minimum Gasteiger partial charge on any atom is -0.379 e. The van der Waals surface area contributed by atoms with Crippen molar-refractivity contribution in [3.63, 3.8) is 0 Å². The van der Waals surface area contributed by atoms with Gasteiger partial charge in [-0.25, -0.2) is 0 Å². The Morgan fingerprint density at radius 1 is 1.60 bits per heavy atom. The molecule has 0 radical (unpaired) electrons. The maximum atomic E-state index is 10.9. The van der Waals surface area contributed by atoms with Crippen molar-refractivity contribution in [2.75, 3.05) is 20.3 Å². The Hall–Kier alpha value is -0.410. The molecule has 0 bridgehead atoms. The van der Waals surface area contributed by atoms with E-state index in [0.717, 1.165) is 0 Å². The fourth-order valence-electron chi connectivity index (χ4n) is 1.24. The summed E-state index contributed by atoms with van der Waals surface area (Å²) in [6.45, 7) is 2.87. The first-order chi connectivity index (χ1) is 4.75. The Labute approximate surface area is 60.7 Å². The summed E-state index contributed by atoms with van der Waals surface area (Å²) in [5.41, 5.74) is 0. The van der Waals surface area contributed by atoms with Crippen molar-refractivity contribution >= 4 is 5.78 Å². The minimum absolute atomic E-state index is 0.0741. The Balaban J connectivity index is 2.50. The van der Waals surface area contributed by atoms with Crippen molar-refractivity contribution in [2.24, 2.45) is 5.92 Å². The molecular formula is C7H13NO2. The van der Waals surface area contributed by atoms with Crippen LogP contribution in [0.2, 0.25) is 0 Å². The third-order valence-corrected chi connectivity index (χ3v) is 1.97. The van der Waals surface area contributed by atoms with E-state index in [-0.39, 0.29) is 17.7 Å². The van der Waals surface area contributed by atoms with Crippen LogP contribution in [0.25, 0.3) is 0 Å². The largest absolute Gasteiger partial charge is 0.379 e. The van der Waals surface area contributed by atoms with Gasteiger partial charge in [0, 0.05) is 6.04 Å². The van der Waals surface area contributed by atoms with Gasteiger partial charge in [0.2, 0.25) is 0 Å². The molecule has 2 unspecified atom stereocenters. The molecule has 58 valence electrons. The lowest BCUT2D eigenvalue weighted by Crippen LogP contribution is -2.35. The summed E-state index contributed by atoms with van der Waals surface area (Å²) in [6.07, 6.45) is 0. The van der Waals surface area contributed by atoms with E-state index in [1.807, 2.05) is 7.05 Å².